The van der Waals surface area contributed by atoms with Gasteiger partial charge in [-0.15, -0.1) is 0 Å². The summed E-state index contributed by atoms with van der Waals surface area (Å²) in [6.45, 7) is 5.06. The summed E-state index contributed by atoms with van der Waals surface area (Å²) in [4.78, 5) is 17.1. The number of fused-ring (bicyclic) bond motifs is 1. The molecule has 0 radical (unpaired) electrons. The fourth-order valence-electron chi connectivity index (χ4n) is 4.27. The van der Waals surface area contributed by atoms with Gasteiger partial charge in [0.15, 0.2) is 0 Å². The first-order chi connectivity index (χ1) is 14.2. The molecule has 1 amide bonds. The van der Waals surface area contributed by atoms with Gasteiger partial charge in [0, 0.05) is 57.8 Å². The number of piperazine rings is 1. The minimum atomic E-state index is -3.25. The Morgan fingerprint density at radius 3 is 2.57 bits per heavy atom. The van der Waals surface area contributed by atoms with Crippen molar-refractivity contribution in [2.75, 3.05) is 39.0 Å². The Morgan fingerprint density at radius 1 is 1.17 bits per heavy atom. The lowest BCUT2D eigenvalue weighted by atomic mass is 10.0. The zero-order valence-electron chi connectivity index (χ0n) is 17.2. The highest BCUT2D eigenvalue weighted by molar-refractivity contribution is 7.88. The van der Waals surface area contributed by atoms with E-state index < -0.39 is 10.0 Å². The van der Waals surface area contributed by atoms with Crippen molar-refractivity contribution in [1.82, 2.24) is 14.1 Å². The second-order valence-corrected chi connectivity index (χ2v) is 9.96. The maximum Gasteiger partial charge on any atom is 0.257 e. The number of furan rings is 1. The third-order valence-corrected chi connectivity index (χ3v) is 7.11. The average molecular weight is 436 g/mol. The van der Waals surface area contributed by atoms with E-state index in [4.69, 9.17) is 4.42 Å². The van der Waals surface area contributed by atoms with Gasteiger partial charge in [0.2, 0.25) is 10.0 Å². The maximum atomic E-state index is 13.5. The molecule has 0 aliphatic carbocycles. The van der Waals surface area contributed by atoms with E-state index in [1.165, 1.54) is 22.7 Å². The molecule has 0 N–H and O–H groups in total. The van der Waals surface area contributed by atoms with E-state index in [1.54, 1.807) is 17.9 Å². The summed E-state index contributed by atoms with van der Waals surface area (Å²) < 4.78 is 44.3. The van der Waals surface area contributed by atoms with Crippen molar-refractivity contribution in [1.29, 1.82) is 0 Å². The van der Waals surface area contributed by atoms with E-state index in [0.717, 1.165) is 23.4 Å². The highest BCUT2D eigenvalue weighted by Crippen LogP contribution is 2.30. The van der Waals surface area contributed by atoms with Crippen LogP contribution in [0.1, 0.15) is 33.0 Å². The smallest absolute Gasteiger partial charge is 0.257 e. The first kappa shape index (κ1) is 21.0. The molecule has 1 aromatic heterocycles. The summed E-state index contributed by atoms with van der Waals surface area (Å²) in [5.74, 6) is 1.07. The first-order valence-corrected chi connectivity index (χ1v) is 11.9. The summed E-state index contributed by atoms with van der Waals surface area (Å²) in [5, 5.41) is 0. The molecule has 0 atom stereocenters. The van der Waals surface area contributed by atoms with Crippen LogP contribution in [0.5, 0.6) is 0 Å². The molecule has 4 rings (SSSR count). The predicted molar refractivity (Wildman–Crippen MR) is 110 cm³/mol. The molecule has 2 aliphatic heterocycles. The number of hydrogen-bond donors (Lipinski definition) is 0. The van der Waals surface area contributed by atoms with Crippen LogP contribution in [0.15, 0.2) is 28.7 Å². The van der Waals surface area contributed by atoms with Gasteiger partial charge in [-0.1, -0.05) is 12.1 Å². The van der Waals surface area contributed by atoms with E-state index in [2.05, 4.69) is 4.90 Å². The van der Waals surface area contributed by atoms with E-state index in [0.29, 0.717) is 57.0 Å². The third kappa shape index (κ3) is 4.28. The number of amides is 1. The van der Waals surface area contributed by atoms with Crippen molar-refractivity contribution in [2.24, 2.45) is 0 Å². The minimum absolute atomic E-state index is 0.113. The summed E-state index contributed by atoms with van der Waals surface area (Å²) in [7, 11) is -3.25. The number of halogens is 1. The second kappa shape index (κ2) is 8.13. The number of carbonyl (C=O) groups is 1. The second-order valence-electron chi connectivity index (χ2n) is 7.98. The van der Waals surface area contributed by atoms with Gasteiger partial charge in [0.1, 0.15) is 17.3 Å². The van der Waals surface area contributed by atoms with E-state index in [-0.39, 0.29) is 11.7 Å². The van der Waals surface area contributed by atoms with Crippen LogP contribution < -0.4 is 0 Å². The van der Waals surface area contributed by atoms with Gasteiger partial charge >= 0.3 is 0 Å². The number of nitrogens with zero attached hydrogens (tertiary/aromatic N) is 3. The van der Waals surface area contributed by atoms with Crippen LogP contribution >= 0.6 is 0 Å². The monoisotopic (exact) mass is 435 g/mol. The number of rotatable bonds is 4. The van der Waals surface area contributed by atoms with E-state index >= 15 is 0 Å². The van der Waals surface area contributed by atoms with Crippen molar-refractivity contribution in [3.8, 4) is 0 Å². The number of hydrogen-bond acceptors (Lipinski definition) is 5. The Morgan fingerprint density at radius 2 is 1.90 bits per heavy atom. The Bertz CT molecular complexity index is 1060. The molecule has 0 bridgehead atoms. The quantitative estimate of drug-likeness (QED) is 0.735. The number of sulfonamides is 1. The average Bonchev–Trinajstić information content (AvgIpc) is 3.02. The summed E-state index contributed by atoms with van der Waals surface area (Å²) in [5.41, 5.74) is 2.37. The maximum absolute atomic E-state index is 13.5. The van der Waals surface area contributed by atoms with Gasteiger partial charge in [-0.05, 0) is 24.6 Å². The molecule has 2 aliphatic rings. The molecule has 0 saturated carbocycles. The van der Waals surface area contributed by atoms with Crippen molar-refractivity contribution in [2.45, 2.75) is 26.4 Å². The first-order valence-electron chi connectivity index (χ1n) is 10.0. The highest BCUT2D eigenvalue weighted by atomic mass is 32.2. The zero-order chi connectivity index (χ0) is 21.5. The highest BCUT2D eigenvalue weighted by Gasteiger charge is 2.33. The van der Waals surface area contributed by atoms with Crippen molar-refractivity contribution in [3.63, 3.8) is 0 Å². The van der Waals surface area contributed by atoms with Crippen LogP contribution in [0.4, 0.5) is 4.39 Å². The van der Waals surface area contributed by atoms with Gasteiger partial charge in [-0.3, -0.25) is 9.69 Å². The van der Waals surface area contributed by atoms with E-state index in [1.807, 2.05) is 6.07 Å². The Balaban J connectivity index is 1.50. The van der Waals surface area contributed by atoms with Gasteiger partial charge in [0.25, 0.3) is 5.91 Å². The largest absolute Gasteiger partial charge is 0.465 e. The summed E-state index contributed by atoms with van der Waals surface area (Å²) in [6, 6.07) is 6.56. The Hall–Kier alpha value is -2.23. The molecular formula is C21H26FN3O4S. The molecule has 0 unspecified atom stereocenters. The predicted octanol–water partition coefficient (Wildman–Crippen LogP) is 2.00. The van der Waals surface area contributed by atoms with Crippen molar-refractivity contribution in [3.05, 3.63) is 58.3 Å². The number of benzene rings is 1. The van der Waals surface area contributed by atoms with Crippen LogP contribution in [-0.2, 0) is 29.5 Å². The lowest BCUT2D eigenvalue weighted by Gasteiger charge is -2.33. The molecule has 3 heterocycles. The number of carbonyl (C=O) groups excluding carboxylic acids is 1. The topological polar surface area (TPSA) is 74.1 Å². The van der Waals surface area contributed by atoms with Crippen molar-refractivity contribution < 1.29 is 22.0 Å². The van der Waals surface area contributed by atoms with Crippen LogP contribution in [0.2, 0.25) is 0 Å². The van der Waals surface area contributed by atoms with Crippen LogP contribution in [0.3, 0.4) is 0 Å². The molecule has 30 heavy (non-hydrogen) atoms. The van der Waals surface area contributed by atoms with Crippen molar-refractivity contribution >= 4 is 15.9 Å². The molecular weight excluding hydrogens is 409 g/mol. The molecule has 162 valence electrons. The van der Waals surface area contributed by atoms with Gasteiger partial charge in [-0.25, -0.2) is 12.8 Å². The molecule has 0 spiro atoms. The summed E-state index contributed by atoms with van der Waals surface area (Å²) in [6.07, 6.45) is 1.88. The fourth-order valence-corrected chi connectivity index (χ4v) is 5.10. The lowest BCUT2D eigenvalue weighted by molar-refractivity contribution is 0.0694. The van der Waals surface area contributed by atoms with Crippen LogP contribution in [0, 0.1) is 12.7 Å². The number of aryl methyl sites for hydroxylation is 1. The standard InChI is InChI=1S/C21H26FN3O4S/c1-15-20(21(26)24-8-10-25(11-9-24)30(2,27)28)18-14-23(7-6-19(18)29-15)13-16-4-3-5-17(22)12-16/h3-5,12H,6-11,13-14H2,1-2H3. The van der Waals surface area contributed by atoms with Gasteiger partial charge in [-0.2, -0.15) is 4.31 Å². The fraction of sp³-hybridized carbons (Fsp3) is 0.476. The van der Waals surface area contributed by atoms with Gasteiger partial charge < -0.3 is 9.32 Å². The Kier molecular flexibility index (Phi) is 5.69. The zero-order valence-corrected chi connectivity index (χ0v) is 18.0. The summed E-state index contributed by atoms with van der Waals surface area (Å²) >= 11 is 0. The molecule has 2 aromatic rings. The van der Waals surface area contributed by atoms with E-state index in [9.17, 15) is 17.6 Å². The molecule has 1 saturated heterocycles. The normalized spacial score (nSPS) is 18.4. The minimum Gasteiger partial charge on any atom is -0.465 e. The third-order valence-electron chi connectivity index (χ3n) is 5.81. The molecule has 9 heteroatoms. The van der Waals surface area contributed by atoms with Gasteiger partial charge in [0.05, 0.1) is 11.8 Å². The Labute approximate surface area is 176 Å². The SMILES string of the molecule is Cc1oc2c(c1C(=O)N1CCN(S(C)(=O)=O)CC1)CN(Cc1cccc(F)c1)CC2. The molecule has 1 aromatic carbocycles. The molecule has 7 nitrogen and oxygen atoms in total. The van der Waals surface area contributed by atoms with Crippen LogP contribution in [-0.4, -0.2) is 67.4 Å². The lowest BCUT2D eigenvalue weighted by Crippen LogP contribution is -2.50. The van der Waals surface area contributed by atoms with Crippen LogP contribution in [0.25, 0.3) is 0 Å². The molecule has 1 fully saturated rings.